The summed E-state index contributed by atoms with van der Waals surface area (Å²) in [4.78, 5) is 42.1. The van der Waals surface area contributed by atoms with Crippen LogP contribution in [-0.4, -0.2) is 26.3 Å². The Bertz CT molecular complexity index is 1400. The maximum absolute atomic E-state index is 13.0. The van der Waals surface area contributed by atoms with Gasteiger partial charge in [-0.15, -0.1) is 11.3 Å². The lowest BCUT2D eigenvalue weighted by molar-refractivity contribution is -0.115. The van der Waals surface area contributed by atoms with E-state index in [0.717, 1.165) is 5.56 Å². The number of anilines is 3. The van der Waals surface area contributed by atoms with Crippen molar-refractivity contribution in [2.24, 2.45) is 7.05 Å². The zero-order chi connectivity index (χ0) is 24.2. The molecular weight excluding hydrogens is 452 g/mol. The van der Waals surface area contributed by atoms with Crippen LogP contribution in [0.15, 0.2) is 64.8 Å². The van der Waals surface area contributed by atoms with E-state index in [2.05, 4.69) is 20.9 Å². The topological polar surface area (TPSA) is 110 Å². The van der Waals surface area contributed by atoms with Gasteiger partial charge in [-0.3, -0.25) is 19.6 Å². The Morgan fingerprint density at radius 3 is 2.50 bits per heavy atom. The highest BCUT2D eigenvalue weighted by atomic mass is 32.1. The smallest absolute Gasteiger partial charge is 0.320 e. The van der Waals surface area contributed by atoms with Crippen molar-refractivity contribution >= 4 is 39.8 Å². The largest absolute Gasteiger partial charge is 0.325 e. The molecule has 0 saturated heterocycles. The van der Waals surface area contributed by atoms with Gasteiger partial charge in [-0.1, -0.05) is 30.3 Å². The number of urea groups is 1. The normalized spacial score (nSPS) is 10.7. The van der Waals surface area contributed by atoms with Crippen molar-refractivity contribution in [3.8, 4) is 5.69 Å². The molecule has 0 spiro atoms. The Hall–Kier alpha value is -4.18. The molecule has 2 aromatic heterocycles. The number of hydrogen-bond donors (Lipinski definition) is 3. The number of thiazole rings is 1. The van der Waals surface area contributed by atoms with Crippen molar-refractivity contribution in [2.45, 2.75) is 20.3 Å². The fourth-order valence-electron chi connectivity index (χ4n) is 3.49. The van der Waals surface area contributed by atoms with Crippen LogP contribution < -0.4 is 21.5 Å². The van der Waals surface area contributed by atoms with Crippen LogP contribution in [0.1, 0.15) is 17.0 Å². The van der Waals surface area contributed by atoms with Gasteiger partial charge in [0, 0.05) is 18.1 Å². The van der Waals surface area contributed by atoms with E-state index in [1.807, 2.05) is 55.5 Å². The predicted molar refractivity (Wildman–Crippen MR) is 134 cm³/mol. The zero-order valence-corrected chi connectivity index (χ0v) is 19.8. The number of amides is 3. The van der Waals surface area contributed by atoms with Gasteiger partial charge in [0.2, 0.25) is 5.91 Å². The summed E-state index contributed by atoms with van der Waals surface area (Å²) in [5.41, 5.74) is 3.45. The van der Waals surface area contributed by atoms with Crippen LogP contribution in [0, 0.1) is 13.8 Å². The monoisotopic (exact) mass is 476 g/mol. The summed E-state index contributed by atoms with van der Waals surface area (Å²) in [6.07, 6.45) is -0.0310. The highest BCUT2D eigenvalue weighted by Gasteiger charge is 2.19. The molecule has 0 atom stereocenters. The Labute approximate surface area is 200 Å². The van der Waals surface area contributed by atoms with Gasteiger partial charge in [-0.2, -0.15) is 0 Å². The van der Waals surface area contributed by atoms with Crippen molar-refractivity contribution < 1.29 is 9.59 Å². The molecule has 2 heterocycles. The number of nitrogens with one attached hydrogen (secondary N) is 3. The van der Waals surface area contributed by atoms with Gasteiger partial charge in [-0.05, 0) is 43.7 Å². The summed E-state index contributed by atoms with van der Waals surface area (Å²) in [5.74, 6) is -0.368. The van der Waals surface area contributed by atoms with Crippen LogP contribution in [0.4, 0.5) is 21.3 Å². The van der Waals surface area contributed by atoms with E-state index < -0.39 is 6.03 Å². The average molecular weight is 477 g/mol. The van der Waals surface area contributed by atoms with Crippen molar-refractivity contribution in [1.29, 1.82) is 0 Å². The summed E-state index contributed by atoms with van der Waals surface area (Å²) in [6.45, 7) is 3.71. The second-order valence-corrected chi connectivity index (χ2v) is 8.61. The summed E-state index contributed by atoms with van der Waals surface area (Å²) < 4.78 is 3.20. The molecule has 0 radical (unpaired) electrons. The number of aromatic nitrogens is 3. The third kappa shape index (κ3) is 5.07. The van der Waals surface area contributed by atoms with Crippen LogP contribution in [-0.2, 0) is 18.3 Å². The Kier molecular flexibility index (Phi) is 6.60. The van der Waals surface area contributed by atoms with Crippen LogP contribution in [0.3, 0.4) is 0 Å². The SMILES string of the molecule is Cc1cccc(NC(=O)Nc2nc(CC(=O)Nc3c(C)n(C)n(-c4ccccc4)c3=O)cs2)c1. The molecule has 3 amide bonds. The lowest BCUT2D eigenvalue weighted by atomic mass is 10.2. The second kappa shape index (κ2) is 9.75. The van der Waals surface area contributed by atoms with Gasteiger partial charge in [0.25, 0.3) is 5.56 Å². The molecule has 0 fully saturated rings. The summed E-state index contributed by atoms with van der Waals surface area (Å²) in [7, 11) is 1.76. The molecule has 4 rings (SSSR count). The molecular formula is C24H24N6O3S. The predicted octanol–water partition coefficient (Wildman–Crippen LogP) is 4.07. The number of nitrogens with zero attached hydrogens (tertiary/aromatic N) is 3. The Morgan fingerprint density at radius 1 is 1.00 bits per heavy atom. The maximum atomic E-state index is 13.0. The molecule has 174 valence electrons. The van der Waals surface area contributed by atoms with Crippen LogP contribution >= 0.6 is 11.3 Å². The number of hydrogen-bond acceptors (Lipinski definition) is 5. The maximum Gasteiger partial charge on any atom is 0.325 e. The van der Waals surface area contributed by atoms with E-state index in [9.17, 15) is 14.4 Å². The Morgan fingerprint density at radius 2 is 1.76 bits per heavy atom. The number of carbonyl (C=O) groups is 2. The van der Waals surface area contributed by atoms with Gasteiger partial charge in [0.1, 0.15) is 5.69 Å². The lowest BCUT2D eigenvalue weighted by Crippen LogP contribution is -2.23. The molecule has 9 nitrogen and oxygen atoms in total. The van der Waals surface area contributed by atoms with Crippen LogP contribution in [0.5, 0.6) is 0 Å². The minimum atomic E-state index is -0.419. The van der Waals surface area contributed by atoms with Crippen LogP contribution in [0.25, 0.3) is 5.69 Å². The number of aryl methyl sites for hydroxylation is 1. The molecule has 0 unspecified atom stereocenters. The van der Waals surface area contributed by atoms with Gasteiger partial charge >= 0.3 is 6.03 Å². The molecule has 0 aliphatic heterocycles. The third-order valence-corrected chi connectivity index (χ3v) is 6.01. The quantitative estimate of drug-likeness (QED) is 0.390. The first-order valence-corrected chi connectivity index (χ1v) is 11.4. The van der Waals surface area contributed by atoms with Crippen LogP contribution in [0.2, 0.25) is 0 Å². The highest BCUT2D eigenvalue weighted by molar-refractivity contribution is 7.14. The lowest BCUT2D eigenvalue weighted by Gasteiger charge is -2.07. The third-order valence-electron chi connectivity index (χ3n) is 5.21. The van der Waals surface area contributed by atoms with Crippen molar-refractivity contribution in [2.75, 3.05) is 16.0 Å². The summed E-state index contributed by atoms with van der Waals surface area (Å²) in [5, 5.41) is 10.2. The van der Waals surface area contributed by atoms with Crippen molar-refractivity contribution in [3.63, 3.8) is 0 Å². The molecule has 4 aromatic rings. The molecule has 0 bridgehead atoms. The summed E-state index contributed by atoms with van der Waals surface area (Å²) in [6, 6.07) is 16.2. The Balaban J connectivity index is 1.40. The van der Waals surface area contributed by atoms with E-state index >= 15 is 0 Å². The van der Waals surface area contributed by atoms with E-state index in [-0.39, 0.29) is 23.6 Å². The number of para-hydroxylation sites is 1. The minimum Gasteiger partial charge on any atom is -0.320 e. The molecule has 3 N–H and O–H groups in total. The number of carbonyl (C=O) groups excluding carboxylic acids is 2. The fraction of sp³-hybridized carbons (Fsp3) is 0.167. The van der Waals surface area contributed by atoms with Crippen molar-refractivity contribution in [3.05, 3.63) is 87.3 Å². The van der Waals surface area contributed by atoms with E-state index in [1.54, 1.807) is 30.1 Å². The first-order valence-electron chi connectivity index (χ1n) is 10.5. The van der Waals surface area contributed by atoms with Gasteiger partial charge < -0.3 is 10.6 Å². The van der Waals surface area contributed by atoms with E-state index in [0.29, 0.717) is 27.9 Å². The molecule has 34 heavy (non-hydrogen) atoms. The minimum absolute atomic E-state index is 0.0310. The number of rotatable bonds is 6. The van der Waals surface area contributed by atoms with E-state index in [1.165, 1.54) is 16.0 Å². The van der Waals surface area contributed by atoms with Crippen molar-refractivity contribution in [1.82, 2.24) is 14.3 Å². The van der Waals surface area contributed by atoms with Gasteiger partial charge in [-0.25, -0.2) is 14.5 Å². The van der Waals surface area contributed by atoms with Gasteiger partial charge in [0.15, 0.2) is 5.13 Å². The average Bonchev–Trinajstić information content (AvgIpc) is 3.31. The fourth-order valence-corrected chi connectivity index (χ4v) is 4.19. The number of benzene rings is 2. The second-order valence-electron chi connectivity index (χ2n) is 7.75. The molecule has 0 saturated carbocycles. The molecule has 0 aliphatic rings. The first-order chi connectivity index (χ1) is 16.3. The highest BCUT2D eigenvalue weighted by Crippen LogP contribution is 2.18. The summed E-state index contributed by atoms with van der Waals surface area (Å²) >= 11 is 1.22. The first kappa shape index (κ1) is 23.0. The zero-order valence-electron chi connectivity index (χ0n) is 19.0. The standard InChI is InChI=1S/C24H24N6O3S/c1-15-8-7-9-17(12-15)25-23(33)28-24-26-18(14-34-24)13-20(31)27-21-16(2)29(3)30(22(21)32)19-10-5-4-6-11-19/h4-12,14H,13H2,1-3H3,(H,27,31)(H2,25,26,28,33). The molecule has 2 aromatic carbocycles. The molecule has 0 aliphatic carbocycles. The van der Waals surface area contributed by atoms with Gasteiger partial charge in [0.05, 0.1) is 23.5 Å². The molecule has 10 heteroatoms. The van der Waals surface area contributed by atoms with E-state index in [4.69, 9.17) is 0 Å².